The summed E-state index contributed by atoms with van der Waals surface area (Å²) < 4.78 is 0. The van der Waals surface area contributed by atoms with Gasteiger partial charge in [0.1, 0.15) is 5.75 Å². The number of carbonyl (C=O) groups excluding carboxylic acids is 1. The lowest BCUT2D eigenvalue weighted by molar-refractivity contribution is 0.0793. The van der Waals surface area contributed by atoms with Crippen LogP contribution in [0.1, 0.15) is 29.3 Å². The summed E-state index contributed by atoms with van der Waals surface area (Å²) >= 11 is 5.85. The molecule has 0 aliphatic rings. The van der Waals surface area contributed by atoms with Crippen molar-refractivity contribution >= 4 is 17.5 Å². The highest BCUT2D eigenvalue weighted by molar-refractivity contribution is 6.20. The lowest BCUT2D eigenvalue weighted by Gasteiger charge is -2.18. The van der Waals surface area contributed by atoms with Crippen LogP contribution < -0.4 is 0 Å². The Balaban J connectivity index is 2.71. The van der Waals surface area contributed by atoms with E-state index in [9.17, 15) is 9.90 Å². The molecule has 94 valence electrons. The van der Waals surface area contributed by atoms with Gasteiger partial charge in [-0.05, 0) is 44.0 Å². The van der Waals surface area contributed by atoms with Crippen molar-refractivity contribution in [1.82, 2.24) is 4.90 Å². The Morgan fingerprint density at radius 2 is 2.18 bits per heavy atom. The van der Waals surface area contributed by atoms with Crippen LogP contribution in [0.2, 0.25) is 0 Å². The highest BCUT2D eigenvalue weighted by Crippen LogP contribution is 2.18. The second-order valence-corrected chi connectivity index (χ2v) is 5.04. The summed E-state index contributed by atoms with van der Waals surface area (Å²) in [6.45, 7) is 4.31. The van der Waals surface area contributed by atoms with Crippen LogP contribution in [0.5, 0.6) is 5.75 Å². The zero-order chi connectivity index (χ0) is 13.0. The lowest BCUT2D eigenvalue weighted by atomic mass is 10.1. The van der Waals surface area contributed by atoms with Crippen LogP contribution in [-0.2, 0) is 0 Å². The van der Waals surface area contributed by atoms with Crippen LogP contribution in [0.4, 0.5) is 0 Å². The Morgan fingerprint density at radius 1 is 1.53 bits per heavy atom. The largest absolute Gasteiger partial charge is 0.508 e. The van der Waals surface area contributed by atoms with Gasteiger partial charge in [0.05, 0.1) is 0 Å². The van der Waals surface area contributed by atoms with E-state index in [-0.39, 0.29) is 17.0 Å². The smallest absolute Gasteiger partial charge is 0.253 e. The van der Waals surface area contributed by atoms with Gasteiger partial charge in [-0.2, -0.15) is 0 Å². The molecule has 0 saturated heterocycles. The molecule has 0 heterocycles. The van der Waals surface area contributed by atoms with Crippen LogP contribution in [0.15, 0.2) is 18.2 Å². The quantitative estimate of drug-likeness (QED) is 0.841. The second kappa shape index (κ2) is 5.92. The predicted octanol–water partition coefficient (Wildman–Crippen LogP) is 2.79. The number of nitrogens with zero attached hydrogens (tertiary/aromatic N) is 1. The number of benzene rings is 1. The van der Waals surface area contributed by atoms with Crippen LogP contribution in [-0.4, -0.2) is 34.9 Å². The molecule has 1 N–H and O–H groups in total. The Kier molecular flexibility index (Phi) is 4.82. The maximum absolute atomic E-state index is 12.0. The summed E-state index contributed by atoms with van der Waals surface area (Å²) in [4.78, 5) is 13.7. The first-order chi connectivity index (χ1) is 7.91. The van der Waals surface area contributed by atoms with Crippen LogP contribution in [0.25, 0.3) is 0 Å². The molecule has 0 saturated carbocycles. The molecule has 1 atom stereocenters. The van der Waals surface area contributed by atoms with E-state index in [1.807, 2.05) is 6.92 Å². The van der Waals surface area contributed by atoms with Gasteiger partial charge in [0.2, 0.25) is 0 Å². The molecule has 0 fully saturated rings. The van der Waals surface area contributed by atoms with Crippen LogP contribution >= 0.6 is 11.6 Å². The van der Waals surface area contributed by atoms with Gasteiger partial charge in [-0.1, -0.05) is 0 Å². The van der Waals surface area contributed by atoms with Gasteiger partial charge in [0.25, 0.3) is 5.91 Å². The molecule has 1 aromatic rings. The van der Waals surface area contributed by atoms with Crippen molar-refractivity contribution in [3.8, 4) is 5.75 Å². The van der Waals surface area contributed by atoms with Gasteiger partial charge in [-0.25, -0.2) is 0 Å². The molecule has 1 aromatic carbocycles. The molecule has 0 spiro atoms. The van der Waals surface area contributed by atoms with Gasteiger partial charge in [0.15, 0.2) is 0 Å². The fraction of sp³-hybridized carbons (Fsp3) is 0.462. The van der Waals surface area contributed by atoms with E-state index in [0.717, 1.165) is 6.42 Å². The minimum absolute atomic E-state index is 0.0505. The number of amides is 1. The predicted molar refractivity (Wildman–Crippen MR) is 69.7 cm³/mol. The number of phenols is 1. The number of aromatic hydroxyl groups is 1. The highest BCUT2D eigenvalue weighted by atomic mass is 35.5. The monoisotopic (exact) mass is 255 g/mol. The average molecular weight is 256 g/mol. The Bertz CT molecular complexity index is 404. The Labute approximate surface area is 107 Å². The fourth-order valence-corrected chi connectivity index (χ4v) is 1.58. The number of hydrogen-bond donors (Lipinski definition) is 1. The fourth-order valence-electron chi connectivity index (χ4n) is 1.48. The number of halogens is 1. The average Bonchev–Trinajstić information content (AvgIpc) is 2.28. The molecule has 0 aromatic heterocycles. The summed E-state index contributed by atoms with van der Waals surface area (Å²) in [5.41, 5.74) is 1.29. The molecule has 3 nitrogen and oxygen atoms in total. The van der Waals surface area contributed by atoms with Gasteiger partial charge >= 0.3 is 0 Å². The van der Waals surface area contributed by atoms with Gasteiger partial charge in [-0.15, -0.1) is 11.6 Å². The molecule has 0 aliphatic carbocycles. The molecular weight excluding hydrogens is 238 g/mol. The third-order valence-corrected chi connectivity index (χ3v) is 2.87. The number of aryl methyl sites for hydroxylation is 1. The second-order valence-electron chi connectivity index (χ2n) is 4.30. The molecule has 1 amide bonds. The number of alkyl halides is 1. The van der Waals surface area contributed by atoms with Crippen molar-refractivity contribution in [3.63, 3.8) is 0 Å². The zero-order valence-electron chi connectivity index (χ0n) is 10.4. The minimum atomic E-state index is -0.0505. The highest BCUT2D eigenvalue weighted by Gasteiger charge is 2.13. The molecule has 1 rings (SSSR count). The van der Waals surface area contributed by atoms with Crippen molar-refractivity contribution in [1.29, 1.82) is 0 Å². The normalized spacial score (nSPS) is 12.2. The van der Waals surface area contributed by atoms with E-state index < -0.39 is 0 Å². The molecule has 17 heavy (non-hydrogen) atoms. The van der Waals surface area contributed by atoms with Crippen molar-refractivity contribution < 1.29 is 9.90 Å². The first-order valence-electron chi connectivity index (χ1n) is 5.61. The first-order valence-corrected chi connectivity index (χ1v) is 6.04. The minimum Gasteiger partial charge on any atom is -0.508 e. The summed E-state index contributed by atoms with van der Waals surface area (Å²) in [5, 5.41) is 9.46. The van der Waals surface area contributed by atoms with Gasteiger partial charge < -0.3 is 10.0 Å². The molecule has 4 heteroatoms. The lowest BCUT2D eigenvalue weighted by Crippen LogP contribution is -2.28. The number of hydrogen-bond acceptors (Lipinski definition) is 2. The molecule has 0 radical (unpaired) electrons. The molecule has 0 aliphatic heterocycles. The van der Waals surface area contributed by atoms with E-state index in [2.05, 4.69) is 0 Å². The summed E-state index contributed by atoms with van der Waals surface area (Å²) in [5.74, 6) is 0.156. The van der Waals surface area contributed by atoms with E-state index >= 15 is 0 Å². The third-order valence-electron chi connectivity index (χ3n) is 2.65. The van der Waals surface area contributed by atoms with E-state index in [0.29, 0.717) is 17.7 Å². The van der Waals surface area contributed by atoms with Gasteiger partial charge in [-0.3, -0.25) is 4.79 Å². The summed E-state index contributed by atoms with van der Waals surface area (Å²) in [7, 11) is 1.75. The maximum atomic E-state index is 12.0. The Hall–Kier alpha value is -1.22. The van der Waals surface area contributed by atoms with E-state index in [1.54, 1.807) is 37.1 Å². The molecular formula is C13H18ClNO2. The molecule has 0 bridgehead atoms. The number of phenolic OH excluding ortho intramolecular Hbond substituents is 1. The maximum Gasteiger partial charge on any atom is 0.253 e. The van der Waals surface area contributed by atoms with Crippen molar-refractivity contribution in [2.24, 2.45) is 0 Å². The SMILES string of the molecule is Cc1cc(C(=O)N(C)CCC(C)Cl)ccc1O. The molecule has 1 unspecified atom stereocenters. The van der Waals surface area contributed by atoms with E-state index in [4.69, 9.17) is 11.6 Å². The van der Waals surface area contributed by atoms with Gasteiger partial charge in [0, 0.05) is 24.5 Å². The van der Waals surface area contributed by atoms with Crippen molar-refractivity contribution in [2.45, 2.75) is 25.6 Å². The zero-order valence-corrected chi connectivity index (χ0v) is 11.2. The number of rotatable bonds is 4. The standard InChI is InChI=1S/C13H18ClNO2/c1-9-8-11(4-5-12(9)16)13(17)15(3)7-6-10(2)14/h4-5,8,10,16H,6-7H2,1-3H3. The van der Waals surface area contributed by atoms with Crippen LogP contribution in [0, 0.1) is 6.92 Å². The van der Waals surface area contributed by atoms with Crippen molar-refractivity contribution in [2.75, 3.05) is 13.6 Å². The Morgan fingerprint density at radius 3 is 2.71 bits per heavy atom. The third kappa shape index (κ3) is 3.93. The van der Waals surface area contributed by atoms with Crippen LogP contribution in [0.3, 0.4) is 0 Å². The van der Waals surface area contributed by atoms with Crippen molar-refractivity contribution in [3.05, 3.63) is 29.3 Å². The summed E-state index contributed by atoms with van der Waals surface area (Å²) in [6.07, 6.45) is 0.765. The van der Waals surface area contributed by atoms with E-state index in [1.165, 1.54) is 0 Å². The summed E-state index contributed by atoms with van der Waals surface area (Å²) in [6, 6.07) is 4.87. The number of carbonyl (C=O) groups is 1. The first kappa shape index (κ1) is 13.8. The topological polar surface area (TPSA) is 40.5 Å².